The van der Waals surface area contributed by atoms with Crippen molar-refractivity contribution in [3.63, 3.8) is 0 Å². The lowest BCUT2D eigenvalue weighted by Gasteiger charge is -2.15. The maximum atomic E-state index is 9.85. The molecule has 120 valence electrons. The minimum Gasteiger partial charge on any atom is -0.490 e. The van der Waals surface area contributed by atoms with E-state index in [1.807, 2.05) is 24.3 Å². The Labute approximate surface area is 128 Å². The first-order chi connectivity index (χ1) is 10.3. The predicted molar refractivity (Wildman–Crippen MR) is 85.7 cm³/mol. The number of ether oxygens (including phenoxy) is 2. The number of benzene rings is 1. The molecule has 0 bridgehead atoms. The summed E-state index contributed by atoms with van der Waals surface area (Å²) in [7, 11) is 0. The van der Waals surface area contributed by atoms with Crippen LogP contribution in [-0.4, -0.2) is 37.6 Å². The molecule has 1 aromatic carbocycles. The van der Waals surface area contributed by atoms with Gasteiger partial charge in [-0.05, 0) is 25.5 Å². The molecular weight excluding hydrogens is 266 g/mol. The van der Waals surface area contributed by atoms with Crippen LogP contribution in [0.15, 0.2) is 24.3 Å². The lowest BCUT2D eigenvalue weighted by atomic mass is 10.2. The average Bonchev–Trinajstić information content (AvgIpc) is 2.51. The van der Waals surface area contributed by atoms with Crippen molar-refractivity contribution in [1.29, 1.82) is 0 Å². The minimum absolute atomic E-state index is 0.261. The van der Waals surface area contributed by atoms with E-state index in [2.05, 4.69) is 19.2 Å². The van der Waals surface area contributed by atoms with Crippen molar-refractivity contribution in [3.05, 3.63) is 29.8 Å². The van der Waals surface area contributed by atoms with E-state index in [4.69, 9.17) is 9.47 Å². The summed E-state index contributed by atoms with van der Waals surface area (Å²) >= 11 is 0. The van der Waals surface area contributed by atoms with Crippen LogP contribution in [0.1, 0.15) is 38.7 Å². The van der Waals surface area contributed by atoms with Gasteiger partial charge in [-0.25, -0.2) is 0 Å². The standard InChI is InChI=1S/C17H29NO3/c1-3-5-11-20-13-16(19)14-21-17-9-7-6-8-15(17)12-18-10-4-2/h6-9,16,18-19H,3-5,10-14H2,1-2H3. The van der Waals surface area contributed by atoms with Crippen LogP contribution in [0.3, 0.4) is 0 Å². The number of rotatable bonds is 12. The molecule has 1 aromatic rings. The molecular formula is C17H29NO3. The van der Waals surface area contributed by atoms with Gasteiger partial charge in [-0.3, -0.25) is 0 Å². The number of hydrogen-bond donors (Lipinski definition) is 2. The molecule has 0 amide bonds. The highest BCUT2D eigenvalue weighted by molar-refractivity contribution is 5.33. The lowest BCUT2D eigenvalue weighted by Crippen LogP contribution is -2.24. The monoisotopic (exact) mass is 295 g/mol. The number of aliphatic hydroxyl groups excluding tert-OH is 1. The van der Waals surface area contributed by atoms with Gasteiger partial charge in [0.1, 0.15) is 18.5 Å². The molecule has 21 heavy (non-hydrogen) atoms. The molecule has 0 aliphatic heterocycles. The largest absolute Gasteiger partial charge is 0.490 e. The van der Waals surface area contributed by atoms with E-state index in [9.17, 15) is 5.11 Å². The second kappa shape index (κ2) is 11.5. The molecule has 0 aliphatic carbocycles. The normalized spacial score (nSPS) is 12.3. The zero-order valence-corrected chi connectivity index (χ0v) is 13.3. The van der Waals surface area contributed by atoms with Crippen molar-refractivity contribution in [2.45, 2.75) is 45.8 Å². The Morgan fingerprint density at radius 2 is 1.95 bits per heavy atom. The van der Waals surface area contributed by atoms with E-state index in [0.717, 1.165) is 43.7 Å². The van der Waals surface area contributed by atoms with Crippen molar-refractivity contribution in [2.24, 2.45) is 0 Å². The number of hydrogen-bond acceptors (Lipinski definition) is 4. The molecule has 4 nitrogen and oxygen atoms in total. The summed E-state index contributed by atoms with van der Waals surface area (Å²) in [6, 6.07) is 7.93. The van der Waals surface area contributed by atoms with E-state index >= 15 is 0 Å². The molecule has 0 spiro atoms. The predicted octanol–water partition coefficient (Wildman–Crippen LogP) is 2.74. The van der Waals surface area contributed by atoms with E-state index < -0.39 is 6.10 Å². The molecule has 4 heteroatoms. The van der Waals surface area contributed by atoms with Gasteiger partial charge >= 0.3 is 0 Å². The zero-order chi connectivity index (χ0) is 15.3. The fraction of sp³-hybridized carbons (Fsp3) is 0.647. The Morgan fingerprint density at radius 3 is 2.71 bits per heavy atom. The maximum Gasteiger partial charge on any atom is 0.123 e. The summed E-state index contributed by atoms with van der Waals surface area (Å²) in [6.45, 7) is 7.32. The average molecular weight is 295 g/mol. The van der Waals surface area contributed by atoms with Gasteiger partial charge in [-0.2, -0.15) is 0 Å². The van der Waals surface area contributed by atoms with Gasteiger partial charge in [0.25, 0.3) is 0 Å². The van der Waals surface area contributed by atoms with Crippen LogP contribution in [0.5, 0.6) is 5.75 Å². The van der Waals surface area contributed by atoms with Gasteiger partial charge in [0.2, 0.25) is 0 Å². The Bertz CT molecular complexity index is 371. The van der Waals surface area contributed by atoms with Crippen molar-refractivity contribution < 1.29 is 14.6 Å². The number of aliphatic hydroxyl groups is 1. The molecule has 0 radical (unpaired) electrons. The molecule has 0 saturated carbocycles. The summed E-state index contributed by atoms with van der Waals surface area (Å²) in [6.07, 6.45) is 2.65. The third-order valence-electron chi connectivity index (χ3n) is 3.10. The summed E-state index contributed by atoms with van der Waals surface area (Å²) in [5, 5.41) is 13.2. The first-order valence-electron chi connectivity index (χ1n) is 7.95. The summed E-state index contributed by atoms with van der Waals surface area (Å²) < 4.78 is 11.1. The highest BCUT2D eigenvalue weighted by Crippen LogP contribution is 2.17. The topological polar surface area (TPSA) is 50.7 Å². The molecule has 0 aliphatic rings. The van der Waals surface area contributed by atoms with Crippen molar-refractivity contribution in [1.82, 2.24) is 5.32 Å². The third-order valence-corrected chi connectivity index (χ3v) is 3.10. The van der Waals surface area contributed by atoms with E-state index in [1.54, 1.807) is 0 Å². The Hall–Kier alpha value is -1.10. The summed E-state index contributed by atoms with van der Waals surface area (Å²) in [5.74, 6) is 0.828. The number of unbranched alkanes of at least 4 members (excludes halogenated alkanes) is 1. The van der Waals surface area contributed by atoms with E-state index in [0.29, 0.717) is 13.2 Å². The van der Waals surface area contributed by atoms with Gasteiger partial charge in [0.15, 0.2) is 0 Å². The molecule has 1 unspecified atom stereocenters. The van der Waals surface area contributed by atoms with Crippen LogP contribution in [0.4, 0.5) is 0 Å². The van der Waals surface area contributed by atoms with Crippen LogP contribution in [-0.2, 0) is 11.3 Å². The molecule has 0 aromatic heterocycles. The van der Waals surface area contributed by atoms with Crippen LogP contribution in [0, 0.1) is 0 Å². The van der Waals surface area contributed by atoms with Crippen molar-refractivity contribution in [2.75, 3.05) is 26.4 Å². The number of nitrogens with one attached hydrogen (secondary N) is 1. The molecule has 1 rings (SSSR count). The van der Waals surface area contributed by atoms with Crippen molar-refractivity contribution >= 4 is 0 Å². The quantitative estimate of drug-likeness (QED) is 0.582. The molecule has 0 heterocycles. The van der Waals surface area contributed by atoms with Gasteiger partial charge in [-0.1, -0.05) is 38.5 Å². The van der Waals surface area contributed by atoms with Gasteiger partial charge in [-0.15, -0.1) is 0 Å². The van der Waals surface area contributed by atoms with E-state index in [-0.39, 0.29) is 6.61 Å². The highest BCUT2D eigenvalue weighted by atomic mass is 16.5. The van der Waals surface area contributed by atoms with Crippen LogP contribution >= 0.6 is 0 Å². The fourth-order valence-electron chi connectivity index (χ4n) is 1.89. The SMILES string of the molecule is CCCCOCC(O)COc1ccccc1CNCCC. The Kier molecular flexibility index (Phi) is 9.87. The third kappa shape index (κ3) is 8.05. The van der Waals surface area contributed by atoms with Gasteiger partial charge in [0, 0.05) is 18.7 Å². The minimum atomic E-state index is -0.585. The Balaban J connectivity index is 2.33. The van der Waals surface area contributed by atoms with Crippen LogP contribution in [0.25, 0.3) is 0 Å². The highest BCUT2D eigenvalue weighted by Gasteiger charge is 2.08. The molecule has 0 saturated heterocycles. The number of para-hydroxylation sites is 1. The van der Waals surface area contributed by atoms with Gasteiger partial charge in [0.05, 0.1) is 6.61 Å². The van der Waals surface area contributed by atoms with Crippen molar-refractivity contribution in [3.8, 4) is 5.75 Å². The summed E-state index contributed by atoms with van der Waals surface area (Å²) in [4.78, 5) is 0. The smallest absolute Gasteiger partial charge is 0.123 e. The van der Waals surface area contributed by atoms with E-state index in [1.165, 1.54) is 0 Å². The lowest BCUT2D eigenvalue weighted by molar-refractivity contribution is 0.0111. The molecule has 2 N–H and O–H groups in total. The van der Waals surface area contributed by atoms with Crippen LogP contribution in [0.2, 0.25) is 0 Å². The first kappa shape index (κ1) is 18.0. The van der Waals surface area contributed by atoms with Crippen LogP contribution < -0.4 is 10.1 Å². The van der Waals surface area contributed by atoms with Gasteiger partial charge < -0.3 is 19.9 Å². The first-order valence-corrected chi connectivity index (χ1v) is 7.95. The summed E-state index contributed by atoms with van der Waals surface area (Å²) in [5.41, 5.74) is 1.12. The second-order valence-electron chi connectivity index (χ2n) is 5.18. The maximum absolute atomic E-state index is 9.85. The molecule has 1 atom stereocenters. The molecule has 0 fully saturated rings. The zero-order valence-electron chi connectivity index (χ0n) is 13.3. The second-order valence-corrected chi connectivity index (χ2v) is 5.18. The fourth-order valence-corrected chi connectivity index (χ4v) is 1.89. The Morgan fingerprint density at radius 1 is 1.14 bits per heavy atom.